The highest BCUT2D eigenvalue weighted by atomic mass is 16.3. The van der Waals surface area contributed by atoms with Crippen LogP contribution in [0.1, 0.15) is 30.9 Å². The number of aliphatic hydroxyl groups is 1. The standard InChI is InChI=1S/C17H20O/c1-2-17(18)15-9-5-3-7-13(15)11-12-14-8-4-6-10-16(14)17/h3-10,13,15,18H,2,11-12H2,1H3. The molecule has 3 atom stereocenters. The Kier molecular flexibility index (Phi) is 2.87. The molecule has 1 N–H and O–H groups in total. The van der Waals surface area contributed by atoms with E-state index in [1.807, 2.05) is 6.07 Å². The van der Waals surface area contributed by atoms with E-state index in [1.54, 1.807) is 0 Å². The predicted octanol–water partition coefficient (Wildman–Crippen LogP) is 3.59. The van der Waals surface area contributed by atoms with E-state index in [9.17, 15) is 5.11 Å². The summed E-state index contributed by atoms with van der Waals surface area (Å²) in [6.07, 6.45) is 11.6. The zero-order valence-corrected chi connectivity index (χ0v) is 10.8. The average molecular weight is 240 g/mol. The molecule has 0 spiro atoms. The smallest absolute Gasteiger partial charge is 0.0964 e. The lowest BCUT2D eigenvalue weighted by Gasteiger charge is -2.38. The van der Waals surface area contributed by atoms with Crippen molar-refractivity contribution in [2.75, 3.05) is 0 Å². The Balaban J connectivity index is 2.15. The fraction of sp³-hybridized carbons (Fsp3) is 0.412. The fourth-order valence-corrected chi connectivity index (χ4v) is 3.53. The Morgan fingerprint density at radius 2 is 2.00 bits per heavy atom. The Hall–Kier alpha value is -1.34. The van der Waals surface area contributed by atoms with E-state index in [1.165, 1.54) is 5.56 Å². The lowest BCUT2D eigenvalue weighted by molar-refractivity contribution is -0.0229. The average Bonchev–Trinajstić information content (AvgIpc) is 2.56. The molecule has 0 aliphatic heterocycles. The van der Waals surface area contributed by atoms with Crippen LogP contribution in [0.25, 0.3) is 0 Å². The third kappa shape index (κ3) is 1.65. The van der Waals surface area contributed by atoms with E-state index in [4.69, 9.17) is 0 Å². The molecule has 0 fully saturated rings. The van der Waals surface area contributed by atoms with Gasteiger partial charge in [0.25, 0.3) is 0 Å². The molecule has 0 heterocycles. The normalized spacial score (nSPS) is 33.7. The fourth-order valence-electron chi connectivity index (χ4n) is 3.53. The van der Waals surface area contributed by atoms with Gasteiger partial charge in [-0.15, -0.1) is 0 Å². The van der Waals surface area contributed by atoms with E-state index >= 15 is 0 Å². The highest BCUT2D eigenvalue weighted by Crippen LogP contribution is 2.45. The zero-order chi connectivity index (χ0) is 12.6. The van der Waals surface area contributed by atoms with Gasteiger partial charge in [-0.05, 0) is 36.3 Å². The molecule has 0 saturated heterocycles. The summed E-state index contributed by atoms with van der Waals surface area (Å²) >= 11 is 0. The van der Waals surface area contributed by atoms with Gasteiger partial charge in [-0.1, -0.05) is 55.5 Å². The van der Waals surface area contributed by atoms with Gasteiger partial charge >= 0.3 is 0 Å². The molecular weight excluding hydrogens is 220 g/mol. The van der Waals surface area contributed by atoms with Crippen LogP contribution in [0, 0.1) is 11.8 Å². The van der Waals surface area contributed by atoms with Gasteiger partial charge in [-0.3, -0.25) is 0 Å². The van der Waals surface area contributed by atoms with Crippen LogP contribution in [0.5, 0.6) is 0 Å². The summed E-state index contributed by atoms with van der Waals surface area (Å²) in [5.41, 5.74) is 1.75. The molecule has 1 nitrogen and oxygen atoms in total. The SMILES string of the molecule is CCC1(O)c2ccccc2CCC2C=CC=CC21. The first-order valence-electron chi connectivity index (χ1n) is 6.91. The topological polar surface area (TPSA) is 20.2 Å². The van der Waals surface area contributed by atoms with Crippen LogP contribution in [-0.4, -0.2) is 5.11 Å². The quantitative estimate of drug-likeness (QED) is 0.795. The second-order valence-corrected chi connectivity index (χ2v) is 5.43. The molecule has 3 rings (SSSR count). The molecule has 94 valence electrons. The van der Waals surface area contributed by atoms with Crippen molar-refractivity contribution >= 4 is 0 Å². The van der Waals surface area contributed by atoms with Crippen molar-refractivity contribution in [3.63, 3.8) is 0 Å². The molecule has 1 aromatic rings. The number of hydrogen-bond acceptors (Lipinski definition) is 1. The van der Waals surface area contributed by atoms with Gasteiger partial charge in [0.2, 0.25) is 0 Å². The van der Waals surface area contributed by atoms with Crippen molar-refractivity contribution in [2.45, 2.75) is 31.8 Å². The number of benzene rings is 1. The van der Waals surface area contributed by atoms with Gasteiger partial charge in [0.05, 0.1) is 5.60 Å². The number of fused-ring (bicyclic) bond motifs is 2. The van der Waals surface area contributed by atoms with Crippen LogP contribution in [0.4, 0.5) is 0 Å². The lowest BCUT2D eigenvalue weighted by Crippen LogP contribution is -2.37. The summed E-state index contributed by atoms with van der Waals surface area (Å²) in [4.78, 5) is 0. The molecule has 1 aromatic carbocycles. The molecule has 0 radical (unpaired) electrons. The van der Waals surface area contributed by atoms with E-state index in [2.05, 4.69) is 49.4 Å². The van der Waals surface area contributed by atoms with Crippen LogP contribution in [0.3, 0.4) is 0 Å². The summed E-state index contributed by atoms with van der Waals surface area (Å²) in [5, 5.41) is 11.2. The summed E-state index contributed by atoms with van der Waals surface area (Å²) in [5.74, 6) is 0.684. The maximum atomic E-state index is 11.2. The van der Waals surface area contributed by atoms with Gasteiger partial charge in [0, 0.05) is 5.92 Å². The number of rotatable bonds is 1. The van der Waals surface area contributed by atoms with Crippen LogP contribution in [-0.2, 0) is 12.0 Å². The number of aryl methyl sites for hydroxylation is 1. The minimum absolute atomic E-state index is 0.219. The molecule has 1 heteroatoms. The van der Waals surface area contributed by atoms with E-state index in [0.717, 1.165) is 24.8 Å². The Morgan fingerprint density at radius 3 is 2.83 bits per heavy atom. The predicted molar refractivity (Wildman–Crippen MR) is 74.2 cm³/mol. The van der Waals surface area contributed by atoms with Gasteiger partial charge in [-0.2, -0.15) is 0 Å². The molecule has 0 aromatic heterocycles. The number of hydrogen-bond donors (Lipinski definition) is 1. The monoisotopic (exact) mass is 240 g/mol. The van der Waals surface area contributed by atoms with Crippen LogP contribution in [0.2, 0.25) is 0 Å². The van der Waals surface area contributed by atoms with Crippen LogP contribution >= 0.6 is 0 Å². The maximum Gasteiger partial charge on any atom is 0.0964 e. The maximum absolute atomic E-state index is 11.2. The summed E-state index contributed by atoms with van der Waals surface area (Å²) in [6, 6.07) is 8.39. The minimum atomic E-state index is -0.709. The van der Waals surface area contributed by atoms with Gasteiger partial charge in [-0.25, -0.2) is 0 Å². The largest absolute Gasteiger partial charge is 0.385 e. The minimum Gasteiger partial charge on any atom is -0.385 e. The van der Waals surface area contributed by atoms with Crippen molar-refractivity contribution in [3.8, 4) is 0 Å². The van der Waals surface area contributed by atoms with Crippen molar-refractivity contribution in [2.24, 2.45) is 11.8 Å². The zero-order valence-electron chi connectivity index (χ0n) is 10.8. The molecule has 2 aliphatic carbocycles. The molecule has 0 saturated carbocycles. The van der Waals surface area contributed by atoms with Crippen molar-refractivity contribution in [1.29, 1.82) is 0 Å². The molecule has 18 heavy (non-hydrogen) atoms. The first-order chi connectivity index (χ1) is 8.75. The first kappa shape index (κ1) is 11.7. The Bertz CT molecular complexity index is 500. The summed E-state index contributed by atoms with van der Waals surface area (Å²) < 4.78 is 0. The third-order valence-corrected chi connectivity index (χ3v) is 4.57. The highest BCUT2D eigenvalue weighted by Gasteiger charge is 2.42. The first-order valence-corrected chi connectivity index (χ1v) is 6.91. The van der Waals surface area contributed by atoms with Crippen molar-refractivity contribution < 1.29 is 5.11 Å². The van der Waals surface area contributed by atoms with Gasteiger partial charge < -0.3 is 5.11 Å². The van der Waals surface area contributed by atoms with Gasteiger partial charge in [0.15, 0.2) is 0 Å². The van der Waals surface area contributed by atoms with Crippen LogP contribution in [0.15, 0.2) is 48.6 Å². The van der Waals surface area contributed by atoms with Crippen molar-refractivity contribution in [3.05, 3.63) is 59.7 Å². The van der Waals surface area contributed by atoms with Gasteiger partial charge in [0.1, 0.15) is 0 Å². The van der Waals surface area contributed by atoms with E-state index < -0.39 is 5.60 Å². The summed E-state index contributed by atoms with van der Waals surface area (Å²) in [6.45, 7) is 2.09. The Morgan fingerprint density at radius 1 is 1.22 bits per heavy atom. The van der Waals surface area contributed by atoms with Crippen molar-refractivity contribution in [1.82, 2.24) is 0 Å². The lowest BCUT2D eigenvalue weighted by atomic mass is 9.72. The number of allylic oxidation sites excluding steroid dienone is 3. The molecule has 0 bridgehead atoms. The molecule has 2 aliphatic rings. The van der Waals surface area contributed by atoms with Crippen LogP contribution < -0.4 is 0 Å². The highest BCUT2D eigenvalue weighted by molar-refractivity contribution is 5.37. The Labute approximate surface area is 109 Å². The molecule has 3 unspecified atom stereocenters. The molecule has 0 amide bonds. The second-order valence-electron chi connectivity index (χ2n) is 5.43. The summed E-state index contributed by atoms with van der Waals surface area (Å²) in [7, 11) is 0. The third-order valence-electron chi connectivity index (χ3n) is 4.57. The van der Waals surface area contributed by atoms with E-state index in [-0.39, 0.29) is 5.92 Å². The second kappa shape index (κ2) is 4.40. The van der Waals surface area contributed by atoms with E-state index in [0.29, 0.717) is 5.92 Å². The molecular formula is C17H20O.